The van der Waals surface area contributed by atoms with E-state index < -0.39 is 22.2 Å². The van der Waals surface area contributed by atoms with Crippen molar-refractivity contribution in [3.05, 3.63) is 27.8 Å². The van der Waals surface area contributed by atoms with Crippen molar-refractivity contribution in [2.24, 2.45) is 11.3 Å². The number of carbonyl (C=O) groups excluding carboxylic acids is 1. The first-order valence-corrected chi connectivity index (χ1v) is 9.49. The summed E-state index contributed by atoms with van der Waals surface area (Å²) in [5.41, 5.74) is -1.27. The molecule has 2 atom stereocenters. The number of hydrogen-bond donors (Lipinski definition) is 1. The smallest absolute Gasteiger partial charge is 0.311 e. The number of nitrogens with zero attached hydrogens (tertiary/aromatic N) is 2. The third-order valence-corrected chi connectivity index (χ3v) is 6.27. The van der Waals surface area contributed by atoms with Gasteiger partial charge in [-0.15, -0.1) is 11.8 Å². The first-order valence-electron chi connectivity index (χ1n) is 8.27. The SMILES string of the molecule is COc1cc([N+](=O)[O-])c(C(=O)N2C[C@@H]3CCC[C@@]3(C(=O)O)C2)cc1SC. The van der Waals surface area contributed by atoms with Crippen molar-refractivity contribution in [2.45, 2.75) is 24.2 Å². The van der Waals surface area contributed by atoms with Gasteiger partial charge in [-0.05, 0) is 31.1 Å². The number of likely N-dealkylation sites (tertiary alicyclic amines) is 1. The molecule has 0 bridgehead atoms. The summed E-state index contributed by atoms with van der Waals surface area (Å²) in [6.07, 6.45) is 3.92. The fourth-order valence-electron chi connectivity index (χ4n) is 4.15. The molecule has 1 aliphatic carbocycles. The molecule has 0 radical (unpaired) electrons. The molecule has 1 saturated carbocycles. The van der Waals surface area contributed by atoms with Crippen LogP contribution in [0.25, 0.3) is 0 Å². The van der Waals surface area contributed by atoms with E-state index in [1.165, 1.54) is 35.9 Å². The van der Waals surface area contributed by atoms with Gasteiger partial charge in [0.05, 0.1) is 28.4 Å². The van der Waals surface area contributed by atoms with Crippen LogP contribution in [0.2, 0.25) is 0 Å². The maximum Gasteiger partial charge on any atom is 0.311 e. The van der Waals surface area contributed by atoms with Gasteiger partial charge < -0.3 is 14.7 Å². The number of fused-ring (bicyclic) bond motifs is 1. The molecule has 3 rings (SSSR count). The molecule has 9 heteroatoms. The van der Waals surface area contributed by atoms with Gasteiger partial charge in [0.1, 0.15) is 11.3 Å². The van der Waals surface area contributed by atoms with Crippen molar-refractivity contribution in [1.82, 2.24) is 4.90 Å². The fourth-order valence-corrected chi connectivity index (χ4v) is 4.73. The number of carbonyl (C=O) groups is 2. The highest BCUT2D eigenvalue weighted by Crippen LogP contribution is 2.49. The van der Waals surface area contributed by atoms with Crippen LogP contribution >= 0.6 is 11.8 Å². The second-order valence-corrected chi connectivity index (χ2v) is 7.57. The van der Waals surface area contributed by atoms with Crippen molar-refractivity contribution in [3.8, 4) is 5.75 Å². The molecule has 1 heterocycles. The Bertz CT molecular complexity index is 783. The average molecular weight is 380 g/mol. The zero-order valence-corrected chi connectivity index (χ0v) is 15.4. The summed E-state index contributed by atoms with van der Waals surface area (Å²) >= 11 is 1.32. The van der Waals surface area contributed by atoms with E-state index in [2.05, 4.69) is 0 Å². The van der Waals surface area contributed by atoms with Crippen LogP contribution in [-0.4, -0.2) is 53.3 Å². The van der Waals surface area contributed by atoms with E-state index in [4.69, 9.17) is 4.74 Å². The topological polar surface area (TPSA) is 110 Å². The molecule has 1 N–H and O–H groups in total. The Morgan fingerprint density at radius 2 is 2.19 bits per heavy atom. The lowest BCUT2D eigenvalue weighted by Gasteiger charge is -2.23. The van der Waals surface area contributed by atoms with Crippen molar-refractivity contribution in [2.75, 3.05) is 26.5 Å². The zero-order chi connectivity index (χ0) is 19.1. The zero-order valence-electron chi connectivity index (χ0n) is 14.6. The number of thioether (sulfide) groups is 1. The summed E-state index contributed by atoms with van der Waals surface area (Å²) in [6, 6.07) is 2.72. The van der Waals surface area contributed by atoms with Gasteiger partial charge in [0.15, 0.2) is 0 Å². The summed E-state index contributed by atoms with van der Waals surface area (Å²) < 4.78 is 5.17. The largest absolute Gasteiger partial charge is 0.495 e. The molecular weight excluding hydrogens is 360 g/mol. The van der Waals surface area contributed by atoms with Crippen LogP contribution in [0.4, 0.5) is 5.69 Å². The molecule has 1 aliphatic heterocycles. The minimum Gasteiger partial charge on any atom is -0.495 e. The van der Waals surface area contributed by atoms with E-state index in [9.17, 15) is 24.8 Å². The predicted molar refractivity (Wildman–Crippen MR) is 94.7 cm³/mol. The van der Waals surface area contributed by atoms with Crippen molar-refractivity contribution < 1.29 is 24.4 Å². The second-order valence-electron chi connectivity index (χ2n) is 6.72. The molecule has 1 amide bonds. The Balaban J connectivity index is 1.98. The standard InChI is InChI=1S/C17H20N2O6S/c1-25-13-7-12(19(23)24)11(6-14(13)26-2)15(20)18-8-10-4-3-5-17(10,9-18)16(21)22/h6-7,10H,3-5,8-9H2,1-2H3,(H,21,22)/t10-,17+/m0/s1. The van der Waals surface area contributed by atoms with Crippen LogP contribution in [-0.2, 0) is 4.79 Å². The minimum atomic E-state index is -0.917. The fraction of sp³-hybridized carbons (Fsp3) is 0.529. The number of carboxylic acid groups (broad SMARTS) is 1. The highest BCUT2D eigenvalue weighted by molar-refractivity contribution is 7.98. The average Bonchev–Trinajstić information content (AvgIpc) is 3.18. The molecule has 0 unspecified atom stereocenters. The number of methoxy groups -OCH3 is 1. The van der Waals surface area contributed by atoms with Gasteiger partial charge in [-0.3, -0.25) is 19.7 Å². The number of amides is 1. The molecule has 1 saturated heterocycles. The highest BCUT2D eigenvalue weighted by atomic mass is 32.2. The van der Waals surface area contributed by atoms with Gasteiger partial charge in [-0.1, -0.05) is 6.42 Å². The van der Waals surface area contributed by atoms with Crippen molar-refractivity contribution >= 4 is 29.3 Å². The Hall–Kier alpha value is -2.29. The first kappa shape index (κ1) is 18.5. The highest BCUT2D eigenvalue weighted by Gasteiger charge is 2.56. The molecular formula is C17H20N2O6S. The lowest BCUT2D eigenvalue weighted by atomic mass is 9.81. The third kappa shape index (κ3) is 2.80. The lowest BCUT2D eigenvalue weighted by molar-refractivity contribution is -0.385. The summed E-state index contributed by atoms with van der Waals surface area (Å²) in [5.74, 6) is -1.14. The van der Waals surface area contributed by atoms with Crippen molar-refractivity contribution in [3.63, 3.8) is 0 Å². The van der Waals surface area contributed by atoms with Crippen LogP contribution in [0.1, 0.15) is 29.6 Å². The van der Waals surface area contributed by atoms with Gasteiger partial charge >= 0.3 is 5.97 Å². The Morgan fingerprint density at radius 1 is 1.46 bits per heavy atom. The van der Waals surface area contributed by atoms with E-state index in [0.717, 1.165) is 12.8 Å². The number of aliphatic carboxylic acids is 1. The maximum atomic E-state index is 13.0. The van der Waals surface area contributed by atoms with E-state index in [0.29, 0.717) is 23.6 Å². The first-order chi connectivity index (χ1) is 12.3. The number of carboxylic acids is 1. The quantitative estimate of drug-likeness (QED) is 0.475. The van der Waals surface area contributed by atoms with Crippen LogP contribution in [0.3, 0.4) is 0 Å². The molecule has 140 valence electrons. The summed E-state index contributed by atoms with van der Waals surface area (Å²) in [6.45, 7) is 0.423. The minimum absolute atomic E-state index is 0.0272. The third-order valence-electron chi connectivity index (χ3n) is 5.51. The van der Waals surface area contributed by atoms with E-state index in [1.807, 2.05) is 0 Å². The number of rotatable bonds is 5. The summed E-state index contributed by atoms with van der Waals surface area (Å²) in [5, 5.41) is 21.1. The van der Waals surface area contributed by atoms with E-state index in [1.54, 1.807) is 6.26 Å². The second kappa shape index (κ2) is 6.79. The van der Waals surface area contributed by atoms with Crippen molar-refractivity contribution in [1.29, 1.82) is 0 Å². The predicted octanol–water partition coefficient (Wildman–Crippen LogP) is 2.65. The Morgan fingerprint density at radius 3 is 2.73 bits per heavy atom. The van der Waals surface area contributed by atoms with Gasteiger partial charge in [-0.25, -0.2) is 0 Å². The summed E-state index contributed by atoms with van der Waals surface area (Å²) in [4.78, 5) is 37.7. The monoisotopic (exact) mass is 380 g/mol. The number of benzene rings is 1. The number of nitro groups is 1. The number of nitro benzene ring substituents is 1. The van der Waals surface area contributed by atoms with Crippen LogP contribution in [0.5, 0.6) is 5.75 Å². The Labute approximate surface area is 154 Å². The number of ether oxygens (including phenoxy) is 1. The molecule has 1 aromatic rings. The normalized spacial score (nSPS) is 24.4. The van der Waals surface area contributed by atoms with Crippen LogP contribution in [0, 0.1) is 21.4 Å². The number of hydrogen-bond acceptors (Lipinski definition) is 6. The van der Waals surface area contributed by atoms with Crippen LogP contribution < -0.4 is 4.74 Å². The van der Waals surface area contributed by atoms with E-state index >= 15 is 0 Å². The molecule has 26 heavy (non-hydrogen) atoms. The van der Waals surface area contributed by atoms with Gasteiger partial charge in [0.25, 0.3) is 11.6 Å². The lowest BCUT2D eigenvalue weighted by Crippen LogP contribution is -2.37. The van der Waals surface area contributed by atoms with E-state index in [-0.39, 0.29) is 23.7 Å². The molecule has 0 aromatic heterocycles. The van der Waals surface area contributed by atoms with Gasteiger partial charge in [0, 0.05) is 13.1 Å². The van der Waals surface area contributed by atoms with Crippen LogP contribution in [0.15, 0.2) is 17.0 Å². The maximum absolute atomic E-state index is 13.0. The Kier molecular flexibility index (Phi) is 4.83. The van der Waals surface area contributed by atoms with Gasteiger partial charge in [-0.2, -0.15) is 0 Å². The molecule has 8 nitrogen and oxygen atoms in total. The summed E-state index contributed by atoms with van der Waals surface area (Å²) in [7, 11) is 1.42. The van der Waals surface area contributed by atoms with Gasteiger partial charge in [0.2, 0.25) is 0 Å². The molecule has 2 fully saturated rings. The molecule has 2 aliphatic rings. The molecule has 1 aromatic carbocycles. The molecule has 0 spiro atoms.